The van der Waals surface area contributed by atoms with Crippen molar-refractivity contribution in [3.8, 4) is 11.5 Å². The van der Waals surface area contributed by atoms with Crippen LogP contribution >= 0.6 is 0 Å². The molecule has 1 atom stereocenters. The van der Waals surface area contributed by atoms with Crippen LogP contribution in [0, 0.1) is 5.41 Å². The minimum Gasteiger partial charge on any atom is -0.497 e. The van der Waals surface area contributed by atoms with Crippen LogP contribution in [0.2, 0.25) is 0 Å². The minimum atomic E-state index is -0.928. The Morgan fingerprint density at radius 3 is 2.59 bits per heavy atom. The molecule has 0 unspecified atom stereocenters. The van der Waals surface area contributed by atoms with Crippen molar-refractivity contribution in [2.75, 3.05) is 20.3 Å². The van der Waals surface area contributed by atoms with Gasteiger partial charge in [0.25, 0.3) is 0 Å². The van der Waals surface area contributed by atoms with Gasteiger partial charge >= 0.3 is 0 Å². The zero-order valence-corrected chi connectivity index (χ0v) is 12.4. The fourth-order valence-electron chi connectivity index (χ4n) is 2.79. The van der Waals surface area contributed by atoms with Crippen LogP contribution in [-0.2, 0) is 6.42 Å². The summed E-state index contributed by atoms with van der Waals surface area (Å²) < 4.78 is 10.8. The SMILES string of the molecule is COc1ccc(C[C@@]2(CO)COc3ccccc3C2=O)cc1. The fourth-order valence-corrected chi connectivity index (χ4v) is 2.79. The Kier molecular flexibility index (Phi) is 3.86. The molecule has 0 aliphatic carbocycles. The maximum Gasteiger partial charge on any atom is 0.178 e. The van der Waals surface area contributed by atoms with E-state index < -0.39 is 5.41 Å². The van der Waals surface area contributed by atoms with Crippen molar-refractivity contribution in [2.24, 2.45) is 5.41 Å². The quantitative estimate of drug-likeness (QED) is 0.942. The first kappa shape index (κ1) is 14.6. The first-order valence-corrected chi connectivity index (χ1v) is 7.19. The van der Waals surface area contributed by atoms with Crippen LogP contribution in [0.5, 0.6) is 11.5 Å². The summed E-state index contributed by atoms with van der Waals surface area (Å²) in [5.41, 5.74) is 0.575. The van der Waals surface area contributed by atoms with Gasteiger partial charge in [0.1, 0.15) is 18.1 Å². The highest BCUT2D eigenvalue weighted by molar-refractivity contribution is 6.04. The molecule has 1 N–H and O–H groups in total. The number of ether oxygens (including phenoxy) is 2. The molecule has 1 aliphatic heterocycles. The third-order valence-corrected chi connectivity index (χ3v) is 4.12. The Morgan fingerprint density at radius 1 is 1.18 bits per heavy atom. The van der Waals surface area contributed by atoms with Gasteiger partial charge in [-0.1, -0.05) is 24.3 Å². The number of hydrogen-bond donors (Lipinski definition) is 1. The predicted molar refractivity (Wildman–Crippen MR) is 82.5 cm³/mol. The highest BCUT2D eigenvalue weighted by Gasteiger charge is 2.43. The number of carbonyl (C=O) groups is 1. The first-order valence-electron chi connectivity index (χ1n) is 7.19. The second-order valence-corrected chi connectivity index (χ2v) is 5.58. The fraction of sp³-hybridized carbons (Fsp3) is 0.278. The topological polar surface area (TPSA) is 55.8 Å². The number of aliphatic hydroxyl groups excluding tert-OH is 1. The van der Waals surface area contributed by atoms with E-state index in [-0.39, 0.29) is 19.0 Å². The third kappa shape index (κ3) is 2.46. The molecular formula is C18H18O4. The van der Waals surface area contributed by atoms with Crippen LogP contribution in [0.15, 0.2) is 48.5 Å². The lowest BCUT2D eigenvalue weighted by molar-refractivity contribution is 0.0383. The number of rotatable bonds is 4. The van der Waals surface area contributed by atoms with E-state index in [1.807, 2.05) is 30.3 Å². The highest BCUT2D eigenvalue weighted by atomic mass is 16.5. The van der Waals surface area contributed by atoms with Gasteiger partial charge in [-0.25, -0.2) is 0 Å². The molecular weight excluding hydrogens is 280 g/mol. The van der Waals surface area contributed by atoms with E-state index in [1.165, 1.54) is 0 Å². The highest BCUT2D eigenvalue weighted by Crippen LogP contribution is 2.36. The van der Waals surface area contributed by atoms with Crippen molar-refractivity contribution in [1.29, 1.82) is 0 Å². The van der Waals surface area contributed by atoms with Crippen LogP contribution in [0.1, 0.15) is 15.9 Å². The van der Waals surface area contributed by atoms with Gasteiger partial charge in [-0.15, -0.1) is 0 Å². The summed E-state index contributed by atoms with van der Waals surface area (Å²) in [5, 5.41) is 9.87. The monoisotopic (exact) mass is 298 g/mol. The van der Waals surface area contributed by atoms with Crippen molar-refractivity contribution in [2.45, 2.75) is 6.42 Å². The minimum absolute atomic E-state index is 0.0623. The molecule has 1 aliphatic rings. The van der Waals surface area contributed by atoms with Crippen molar-refractivity contribution >= 4 is 5.78 Å². The molecule has 22 heavy (non-hydrogen) atoms. The second-order valence-electron chi connectivity index (χ2n) is 5.58. The number of benzene rings is 2. The average Bonchev–Trinajstić information content (AvgIpc) is 2.58. The van der Waals surface area contributed by atoms with Crippen LogP contribution in [0.3, 0.4) is 0 Å². The lowest BCUT2D eigenvalue weighted by Crippen LogP contribution is -2.45. The lowest BCUT2D eigenvalue weighted by Gasteiger charge is -2.35. The summed E-state index contributed by atoms with van der Waals surface area (Å²) in [6.45, 7) is -0.0580. The van der Waals surface area contributed by atoms with E-state index in [0.717, 1.165) is 11.3 Å². The predicted octanol–water partition coefficient (Wildman–Crippen LogP) is 2.49. The third-order valence-electron chi connectivity index (χ3n) is 4.12. The second kappa shape index (κ2) is 5.81. The number of para-hydroxylation sites is 1. The number of hydrogen-bond acceptors (Lipinski definition) is 4. The van der Waals surface area contributed by atoms with Gasteiger partial charge in [-0.2, -0.15) is 0 Å². The molecule has 114 valence electrons. The van der Waals surface area contributed by atoms with Crippen molar-refractivity contribution in [3.63, 3.8) is 0 Å². The van der Waals surface area contributed by atoms with Gasteiger partial charge in [0.05, 0.1) is 24.7 Å². The Hall–Kier alpha value is -2.33. The largest absolute Gasteiger partial charge is 0.497 e. The molecule has 0 saturated carbocycles. The number of aliphatic hydroxyl groups is 1. The molecule has 1 heterocycles. The number of methoxy groups -OCH3 is 1. The van der Waals surface area contributed by atoms with Crippen LogP contribution in [-0.4, -0.2) is 31.2 Å². The summed E-state index contributed by atoms with van der Waals surface area (Å²) in [5.74, 6) is 1.29. The van der Waals surface area contributed by atoms with E-state index in [2.05, 4.69) is 0 Å². The van der Waals surface area contributed by atoms with Gasteiger partial charge in [0.15, 0.2) is 5.78 Å². The molecule has 2 aromatic carbocycles. The molecule has 2 aromatic rings. The molecule has 0 spiro atoms. The zero-order chi connectivity index (χ0) is 15.6. The Balaban J connectivity index is 1.91. The molecule has 0 aromatic heterocycles. The standard InChI is InChI=1S/C18H18O4/c1-21-14-8-6-13(7-9-14)10-18(11-19)12-22-16-5-3-2-4-15(16)17(18)20/h2-9,19H,10-12H2,1H3/t18-/m1/s1. The van der Waals surface area contributed by atoms with Crippen LogP contribution in [0.4, 0.5) is 0 Å². The van der Waals surface area contributed by atoms with Crippen molar-refractivity contribution in [3.05, 3.63) is 59.7 Å². The molecule has 0 fully saturated rings. The smallest absolute Gasteiger partial charge is 0.178 e. The summed E-state index contributed by atoms with van der Waals surface area (Å²) in [7, 11) is 1.61. The van der Waals surface area contributed by atoms with Crippen molar-refractivity contribution < 1.29 is 19.4 Å². The number of Topliss-reactive ketones (excluding diaryl/α,β-unsaturated/α-hetero) is 1. The molecule has 3 rings (SSSR count). The van der Waals surface area contributed by atoms with Gasteiger partial charge in [0, 0.05) is 0 Å². The Labute approximate surface area is 129 Å². The van der Waals surface area contributed by atoms with Crippen LogP contribution in [0.25, 0.3) is 0 Å². The van der Waals surface area contributed by atoms with Crippen LogP contribution < -0.4 is 9.47 Å². The van der Waals surface area contributed by atoms with Crippen molar-refractivity contribution in [1.82, 2.24) is 0 Å². The molecule has 0 radical (unpaired) electrons. The summed E-state index contributed by atoms with van der Waals surface area (Å²) in [4.78, 5) is 12.8. The average molecular weight is 298 g/mol. The maximum absolute atomic E-state index is 12.8. The van der Waals surface area contributed by atoms with Gasteiger partial charge < -0.3 is 14.6 Å². The Morgan fingerprint density at radius 2 is 1.91 bits per heavy atom. The summed E-state index contributed by atoms with van der Waals surface area (Å²) >= 11 is 0. The number of ketones is 1. The van der Waals surface area contributed by atoms with Gasteiger partial charge in [0.2, 0.25) is 0 Å². The molecule has 0 saturated heterocycles. The zero-order valence-electron chi connectivity index (χ0n) is 12.4. The summed E-state index contributed by atoms with van der Waals surface area (Å²) in [6, 6.07) is 14.7. The van der Waals surface area contributed by atoms with E-state index >= 15 is 0 Å². The van der Waals surface area contributed by atoms with E-state index in [0.29, 0.717) is 17.7 Å². The number of carbonyl (C=O) groups excluding carboxylic acids is 1. The first-order chi connectivity index (χ1) is 10.7. The van der Waals surface area contributed by atoms with Gasteiger partial charge in [-0.05, 0) is 36.2 Å². The van der Waals surface area contributed by atoms with Gasteiger partial charge in [-0.3, -0.25) is 4.79 Å². The normalized spacial score (nSPS) is 20.2. The van der Waals surface area contributed by atoms with E-state index in [4.69, 9.17) is 9.47 Å². The number of fused-ring (bicyclic) bond motifs is 1. The van der Waals surface area contributed by atoms with E-state index in [9.17, 15) is 9.90 Å². The Bertz CT molecular complexity index is 678. The maximum atomic E-state index is 12.8. The summed E-state index contributed by atoms with van der Waals surface area (Å²) in [6.07, 6.45) is 0.431. The molecule has 4 heteroatoms. The van der Waals surface area contributed by atoms with E-state index in [1.54, 1.807) is 25.3 Å². The molecule has 4 nitrogen and oxygen atoms in total. The molecule has 0 amide bonds. The lowest BCUT2D eigenvalue weighted by atomic mass is 9.75. The molecule has 0 bridgehead atoms.